The van der Waals surface area contributed by atoms with Gasteiger partial charge >= 0.3 is 0 Å². The zero-order valence-corrected chi connectivity index (χ0v) is 19.3. The van der Waals surface area contributed by atoms with Crippen LogP contribution in [0.4, 0.5) is 0 Å². The summed E-state index contributed by atoms with van der Waals surface area (Å²) in [6, 6.07) is 20.7. The second kappa shape index (κ2) is 8.33. The van der Waals surface area contributed by atoms with Crippen LogP contribution >= 0.6 is 0 Å². The summed E-state index contributed by atoms with van der Waals surface area (Å²) in [6.07, 6.45) is 0. The third-order valence-electron chi connectivity index (χ3n) is 5.68. The van der Waals surface area contributed by atoms with Crippen LogP contribution in [0.1, 0.15) is 29.9 Å². The molecule has 4 aromatic rings. The van der Waals surface area contributed by atoms with E-state index < -0.39 is 16.1 Å². The summed E-state index contributed by atoms with van der Waals surface area (Å²) >= 11 is 0. The summed E-state index contributed by atoms with van der Waals surface area (Å²) < 4.78 is 29.4. The summed E-state index contributed by atoms with van der Waals surface area (Å²) in [5.74, 6) is 0.359. The molecule has 4 rings (SSSR count). The van der Waals surface area contributed by atoms with Gasteiger partial charge in [-0.2, -0.15) is 4.31 Å². The minimum atomic E-state index is -3.80. The maximum absolute atomic E-state index is 13.5. The van der Waals surface area contributed by atoms with E-state index in [0.717, 1.165) is 11.1 Å². The van der Waals surface area contributed by atoms with Gasteiger partial charge in [0.2, 0.25) is 10.0 Å². The number of fused-ring (bicyclic) bond motifs is 1. The Morgan fingerprint density at radius 1 is 0.906 bits per heavy atom. The number of hydrogen-bond acceptors (Lipinski definition) is 4. The van der Waals surface area contributed by atoms with Crippen LogP contribution in [0, 0.1) is 13.8 Å². The lowest BCUT2D eigenvalue weighted by Crippen LogP contribution is -2.35. The highest BCUT2D eigenvalue weighted by molar-refractivity contribution is 7.89. The van der Waals surface area contributed by atoms with Crippen LogP contribution < -0.4 is 5.56 Å². The lowest BCUT2D eigenvalue weighted by Gasteiger charge is -2.26. The van der Waals surface area contributed by atoms with Crippen molar-refractivity contribution in [2.45, 2.75) is 31.7 Å². The van der Waals surface area contributed by atoms with Crippen molar-refractivity contribution >= 4 is 20.9 Å². The minimum Gasteiger partial charge on any atom is -0.268 e. The fourth-order valence-electron chi connectivity index (χ4n) is 3.69. The highest BCUT2D eigenvalue weighted by atomic mass is 32.2. The molecule has 32 heavy (non-hydrogen) atoms. The van der Waals surface area contributed by atoms with Gasteiger partial charge in [-0.25, -0.2) is 13.4 Å². The number of sulfonamides is 1. The molecule has 6 nitrogen and oxygen atoms in total. The molecule has 1 heterocycles. The second-order valence-corrected chi connectivity index (χ2v) is 9.97. The Kier molecular flexibility index (Phi) is 5.71. The monoisotopic (exact) mass is 447 g/mol. The molecule has 0 bridgehead atoms. The maximum atomic E-state index is 13.5. The molecule has 164 valence electrons. The summed E-state index contributed by atoms with van der Waals surface area (Å²) in [5.41, 5.74) is 2.91. The van der Waals surface area contributed by atoms with Crippen molar-refractivity contribution < 1.29 is 8.42 Å². The first-order valence-corrected chi connectivity index (χ1v) is 11.8. The van der Waals surface area contributed by atoms with Crippen LogP contribution in [0.2, 0.25) is 0 Å². The Bertz CT molecular complexity index is 1460. The molecule has 0 radical (unpaired) electrons. The Labute approximate surface area is 187 Å². The third kappa shape index (κ3) is 3.85. The Morgan fingerprint density at radius 2 is 1.59 bits per heavy atom. The van der Waals surface area contributed by atoms with Crippen molar-refractivity contribution in [3.05, 3.63) is 100 Å². The van der Waals surface area contributed by atoms with Crippen molar-refractivity contribution in [1.82, 2.24) is 13.9 Å². The molecule has 0 aliphatic rings. The largest absolute Gasteiger partial charge is 0.268 e. The molecule has 0 N–H and O–H groups in total. The summed E-state index contributed by atoms with van der Waals surface area (Å²) in [5, 5.41) is 0.481. The molecule has 1 unspecified atom stereocenters. The smallest absolute Gasteiger partial charge is 0.266 e. The average molecular weight is 448 g/mol. The molecule has 1 aromatic heterocycles. The minimum absolute atomic E-state index is 0.197. The topological polar surface area (TPSA) is 72.3 Å². The van der Waals surface area contributed by atoms with Gasteiger partial charge in [0, 0.05) is 7.05 Å². The van der Waals surface area contributed by atoms with Gasteiger partial charge in [0.25, 0.3) is 5.56 Å². The number of rotatable bonds is 5. The van der Waals surface area contributed by atoms with Gasteiger partial charge < -0.3 is 0 Å². The van der Waals surface area contributed by atoms with E-state index in [1.54, 1.807) is 49.4 Å². The molecular formula is C25H25N3O3S. The highest BCUT2D eigenvalue weighted by Crippen LogP contribution is 2.27. The van der Waals surface area contributed by atoms with E-state index >= 15 is 0 Å². The van der Waals surface area contributed by atoms with Gasteiger partial charge in [-0.05, 0) is 62.7 Å². The standard InChI is InChI=1S/C25H25N3O3S/c1-17-12-14-21(15-13-17)32(30,31)27(4)19(3)24-26-23-11-6-5-10-22(23)25(29)28(24)20-9-7-8-18(2)16-20/h5-16,19H,1-4H3. The first-order valence-electron chi connectivity index (χ1n) is 10.3. The molecule has 0 amide bonds. The van der Waals surface area contributed by atoms with Gasteiger partial charge in [0.15, 0.2) is 0 Å². The van der Waals surface area contributed by atoms with Crippen LogP contribution in [0.3, 0.4) is 0 Å². The predicted molar refractivity (Wildman–Crippen MR) is 127 cm³/mol. The van der Waals surface area contributed by atoms with Gasteiger partial charge in [0.05, 0.1) is 27.5 Å². The lowest BCUT2D eigenvalue weighted by atomic mass is 10.2. The molecule has 0 fully saturated rings. The Balaban J connectivity index is 1.92. The van der Waals surface area contributed by atoms with Crippen LogP contribution in [-0.2, 0) is 10.0 Å². The molecule has 0 aliphatic carbocycles. The zero-order chi connectivity index (χ0) is 23.0. The Morgan fingerprint density at radius 3 is 2.28 bits per heavy atom. The first kappa shape index (κ1) is 21.9. The number of aryl methyl sites for hydroxylation is 2. The highest BCUT2D eigenvalue weighted by Gasteiger charge is 2.30. The van der Waals surface area contributed by atoms with E-state index in [9.17, 15) is 13.2 Å². The van der Waals surface area contributed by atoms with E-state index in [4.69, 9.17) is 4.98 Å². The maximum Gasteiger partial charge on any atom is 0.266 e. The fourth-order valence-corrected chi connectivity index (χ4v) is 5.02. The SMILES string of the molecule is Cc1ccc(S(=O)(=O)N(C)C(C)c2nc3ccccc3c(=O)n2-c2cccc(C)c2)cc1. The third-order valence-corrected chi connectivity index (χ3v) is 7.62. The molecule has 0 saturated carbocycles. The second-order valence-electron chi connectivity index (χ2n) is 7.98. The summed E-state index contributed by atoms with van der Waals surface area (Å²) in [4.78, 5) is 18.4. The van der Waals surface area contributed by atoms with E-state index in [-0.39, 0.29) is 10.5 Å². The number of benzene rings is 3. The van der Waals surface area contributed by atoms with Gasteiger partial charge in [0.1, 0.15) is 5.82 Å². The van der Waals surface area contributed by atoms with Crippen LogP contribution in [0.5, 0.6) is 0 Å². The normalized spacial score (nSPS) is 12.9. The number of hydrogen-bond donors (Lipinski definition) is 0. The van der Waals surface area contributed by atoms with Gasteiger partial charge in [-0.3, -0.25) is 9.36 Å². The molecule has 0 spiro atoms. The molecule has 7 heteroatoms. The molecule has 3 aromatic carbocycles. The van der Waals surface area contributed by atoms with E-state index in [1.165, 1.54) is 15.9 Å². The van der Waals surface area contributed by atoms with Crippen molar-refractivity contribution in [2.24, 2.45) is 0 Å². The molecule has 0 aliphatic heterocycles. The van der Waals surface area contributed by atoms with Crippen molar-refractivity contribution in [1.29, 1.82) is 0 Å². The fraction of sp³-hybridized carbons (Fsp3) is 0.200. The van der Waals surface area contributed by atoms with Crippen molar-refractivity contribution in [3.8, 4) is 5.69 Å². The van der Waals surface area contributed by atoms with Crippen LogP contribution in [0.15, 0.2) is 82.5 Å². The van der Waals surface area contributed by atoms with E-state index in [2.05, 4.69) is 0 Å². The first-order chi connectivity index (χ1) is 15.2. The Hall–Kier alpha value is -3.29. The number of aromatic nitrogens is 2. The van der Waals surface area contributed by atoms with Crippen molar-refractivity contribution in [3.63, 3.8) is 0 Å². The molecular weight excluding hydrogens is 422 g/mol. The average Bonchev–Trinajstić information content (AvgIpc) is 2.78. The quantitative estimate of drug-likeness (QED) is 0.455. The molecule has 1 atom stereocenters. The predicted octanol–water partition coefficient (Wildman–Crippen LogP) is 4.38. The number of para-hydroxylation sites is 1. The van der Waals surface area contributed by atoms with E-state index in [1.807, 2.05) is 44.2 Å². The van der Waals surface area contributed by atoms with Crippen molar-refractivity contribution in [2.75, 3.05) is 7.05 Å². The lowest BCUT2D eigenvalue weighted by molar-refractivity contribution is 0.379. The summed E-state index contributed by atoms with van der Waals surface area (Å²) in [6.45, 7) is 5.59. The van der Waals surface area contributed by atoms with Gasteiger partial charge in [-0.15, -0.1) is 0 Å². The van der Waals surface area contributed by atoms with Crippen LogP contribution in [-0.4, -0.2) is 29.3 Å². The zero-order valence-electron chi connectivity index (χ0n) is 18.5. The molecule has 0 saturated heterocycles. The van der Waals surface area contributed by atoms with Gasteiger partial charge in [-0.1, -0.05) is 42.0 Å². The van der Waals surface area contributed by atoms with Crippen LogP contribution in [0.25, 0.3) is 16.6 Å². The number of nitrogens with zero attached hydrogens (tertiary/aromatic N) is 3. The summed E-state index contributed by atoms with van der Waals surface area (Å²) in [7, 11) is -2.28. The van der Waals surface area contributed by atoms with E-state index in [0.29, 0.717) is 22.4 Å².